The number of aromatic nitrogens is 3. The maximum atomic E-state index is 4.20. The summed E-state index contributed by atoms with van der Waals surface area (Å²) in [6.45, 7) is 2.91. The Bertz CT molecular complexity index is 382. The van der Waals surface area contributed by atoms with E-state index >= 15 is 0 Å². The van der Waals surface area contributed by atoms with Crippen molar-refractivity contribution in [2.75, 3.05) is 11.9 Å². The minimum atomic E-state index is 0.881. The van der Waals surface area contributed by atoms with Gasteiger partial charge in [0, 0.05) is 35.6 Å². The minimum Gasteiger partial charge on any atom is -0.360 e. The molecule has 0 aromatic carbocycles. The van der Waals surface area contributed by atoms with E-state index < -0.39 is 0 Å². The van der Waals surface area contributed by atoms with Crippen LogP contribution < -0.4 is 5.32 Å². The van der Waals surface area contributed by atoms with E-state index in [0.29, 0.717) is 0 Å². The average molecular weight is 226 g/mol. The molecule has 0 saturated heterocycles. The molecule has 0 fully saturated rings. The van der Waals surface area contributed by atoms with Gasteiger partial charge in [-0.1, -0.05) is 0 Å². The van der Waals surface area contributed by atoms with Crippen LogP contribution in [0.1, 0.15) is 9.88 Å². The Balaban J connectivity index is 1.78. The van der Waals surface area contributed by atoms with E-state index in [0.717, 1.165) is 23.1 Å². The van der Waals surface area contributed by atoms with Gasteiger partial charge >= 0.3 is 0 Å². The summed E-state index contributed by atoms with van der Waals surface area (Å²) >= 11 is 3.12. The first-order valence-electron chi connectivity index (χ1n) is 4.26. The molecule has 0 bridgehead atoms. The Morgan fingerprint density at radius 1 is 1.43 bits per heavy atom. The molecule has 74 valence electrons. The number of thiazole rings is 1. The zero-order valence-electron chi connectivity index (χ0n) is 7.73. The highest BCUT2D eigenvalue weighted by Gasteiger charge is 1.99. The highest BCUT2D eigenvalue weighted by atomic mass is 32.1. The van der Waals surface area contributed by atoms with Crippen molar-refractivity contribution in [1.82, 2.24) is 14.3 Å². The normalized spacial score (nSPS) is 10.4. The molecule has 1 N–H and O–H groups in total. The molecule has 2 aromatic heterocycles. The lowest BCUT2D eigenvalue weighted by Gasteiger charge is -1.98. The van der Waals surface area contributed by atoms with Crippen LogP contribution in [0.25, 0.3) is 0 Å². The fourth-order valence-electron chi connectivity index (χ4n) is 1.06. The molecule has 6 heteroatoms. The maximum absolute atomic E-state index is 4.20. The number of nitrogens with one attached hydrogen (secondary N) is 1. The highest BCUT2D eigenvalue weighted by Crippen LogP contribution is 2.12. The second-order valence-electron chi connectivity index (χ2n) is 2.77. The van der Waals surface area contributed by atoms with Gasteiger partial charge < -0.3 is 5.32 Å². The summed E-state index contributed by atoms with van der Waals surface area (Å²) in [4.78, 5) is 9.54. The smallest absolute Gasteiger partial charge is 0.202 e. The van der Waals surface area contributed by atoms with Gasteiger partial charge in [0.25, 0.3) is 0 Å². The summed E-state index contributed by atoms with van der Waals surface area (Å²) in [5.41, 5.74) is 0. The van der Waals surface area contributed by atoms with Crippen molar-refractivity contribution in [2.24, 2.45) is 0 Å². The van der Waals surface area contributed by atoms with Crippen molar-refractivity contribution >= 4 is 28.0 Å². The molecular weight excluding hydrogens is 216 g/mol. The lowest BCUT2D eigenvalue weighted by molar-refractivity contribution is 1.03. The Hall–Kier alpha value is -1.01. The Morgan fingerprint density at radius 3 is 3.00 bits per heavy atom. The summed E-state index contributed by atoms with van der Waals surface area (Å²) in [6.07, 6.45) is 4.48. The summed E-state index contributed by atoms with van der Waals surface area (Å²) in [5.74, 6) is 0. The molecule has 0 radical (unpaired) electrons. The third-order valence-electron chi connectivity index (χ3n) is 1.68. The van der Waals surface area contributed by atoms with Gasteiger partial charge in [-0.25, -0.2) is 9.97 Å². The van der Waals surface area contributed by atoms with Gasteiger partial charge in [-0.3, -0.25) is 0 Å². The van der Waals surface area contributed by atoms with Gasteiger partial charge in [0.2, 0.25) is 5.13 Å². The van der Waals surface area contributed by atoms with E-state index in [2.05, 4.69) is 19.7 Å². The highest BCUT2D eigenvalue weighted by molar-refractivity contribution is 7.11. The SMILES string of the molecule is Cc1ncc(CCNc2ncns2)s1. The number of hydrogen-bond donors (Lipinski definition) is 1. The molecule has 0 aliphatic rings. The van der Waals surface area contributed by atoms with Crippen LogP contribution >= 0.6 is 22.9 Å². The van der Waals surface area contributed by atoms with Gasteiger partial charge in [0.1, 0.15) is 6.33 Å². The van der Waals surface area contributed by atoms with Crippen LogP contribution in [0.4, 0.5) is 5.13 Å². The van der Waals surface area contributed by atoms with Gasteiger partial charge in [-0.05, 0) is 6.92 Å². The van der Waals surface area contributed by atoms with Crippen LogP contribution in [0.15, 0.2) is 12.5 Å². The van der Waals surface area contributed by atoms with Crippen molar-refractivity contribution in [3.63, 3.8) is 0 Å². The summed E-state index contributed by atoms with van der Waals surface area (Å²) < 4.78 is 3.91. The summed E-state index contributed by atoms with van der Waals surface area (Å²) in [6, 6.07) is 0. The van der Waals surface area contributed by atoms with E-state index in [1.165, 1.54) is 16.4 Å². The predicted octanol–water partition coefficient (Wildman–Crippen LogP) is 1.96. The van der Waals surface area contributed by atoms with Crippen molar-refractivity contribution in [3.8, 4) is 0 Å². The van der Waals surface area contributed by atoms with E-state index in [-0.39, 0.29) is 0 Å². The Labute approximate surface area is 90.2 Å². The van der Waals surface area contributed by atoms with Crippen molar-refractivity contribution in [1.29, 1.82) is 0 Å². The molecule has 4 nitrogen and oxygen atoms in total. The third kappa shape index (κ3) is 2.49. The van der Waals surface area contributed by atoms with Crippen LogP contribution in [0.3, 0.4) is 0 Å². The fraction of sp³-hybridized carbons (Fsp3) is 0.375. The third-order valence-corrected chi connectivity index (χ3v) is 3.27. The van der Waals surface area contributed by atoms with E-state index in [9.17, 15) is 0 Å². The van der Waals surface area contributed by atoms with Crippen LogP contribution in [-0.4, -0.2) is 20.9 Å². The van der Waals surface area contributed by atoms with Gasteiger partial charge in [-0.15, -0.1) is 11.3 Å². The number of nitrogens with zero attached hydrogens (tertiary/aromatic N) is 3. The monoisotopic (exact) mass is 226 g/mol. The van der Waals surface area contributed by atoms with Crippen LogP contribution in [0.2, 0.25) is 0 Å². The first-order chi connectivity index (χ1) is 6.84. The molecule has 0 aliphatic heterocycles. The molecule has 0 saturated carbocycles. The minimum absolute atomic E-state index is 0.881. The second kappa shape index (κ2) is 4.47. The quantitative estimate of drug-likeness (QED) is 0.866. The summed E-state index contributed by atoms with van der Waals surface area (Å²) in [5, 5.41) is 5.21. The van der Waals surface area contributed by atoms with Crippen molar-refractivity contribution < 1.29 is 0 Å². The second-order valence-corrected chi connectivity index (χ2v) is 4.87. The fourth-order valence-corrected chi connectivity index (χ4v) is 2.31. The van der Waals surface area contributed by atoms with Gasteiger partial charge in [-0.2, -0.15) is 4.37 Å². The Morgan fingerprint density at radius 2 is 2.36 bits per heavy atom. The predicted molar refractivity (Wildman–Crippen MR) is 59.0 cm³/mol. The largest absolute Gasteiger partial charge is 0.360 e. The lowest BCUT2D eigenvalue weighted by Crippen LogP contribution is -2.03. The maximum Gasteiger partial charge on any atom is 0.202 e. The number of anilines is 1. The molecule has 2 heterocycles. The van der Waals surface area contributed by atoms with E-state index in [1.54, 1.807) is 17.7 Å². The molecule has 0 unspecified atom stereocenters. The van der Waals surface area contributed by atoms with E-state index in [4.69, 9.17) is 0 Å². The van der Waals surface area contributed by atoms with Crippen molar-refractivity contribution in [3.05, 3.63) is 22.4 Å². The molecule has 14 heavy (non-hydrogen) atoms. The molecule has 0 aliphatic carbocycles. The molecule has 0 atom stereocenters. The van der Waals surface area contributed by atoms with Crippen LogP contribution in [-0.2, 0) is 6.42 Å². The zero-order valence-corrected chi connectivity index (χ0v) is 9.36. The average Bonchev–Trinajstić information content (AvgIpc) is 2.77. The van der Waals surface area contributed by atoms with Crippen LogP contribution in [0, 0.1) is 6.92 Å². The van der Waals surface area contributed by atoms with Crippen LogP contribution in [0.5, 0.6) is 0 Å². The molecule has 0 amide bonds. The molecule has 2 rings (SSSR count). The summed E-state index contributed by atoms with van der Waals surface area (Å²) in [7, 11) is 0. The molecule has 2 aromatic rings. The molecule has 0 spiro atoms. The topological polar surface area (TPSA) is 50.7 Å². The number of hydrogen-bond acceptors (Lipinski definition) is 6. The lowest BCUT2D eigenvalue weighted by atomic mass is 10.4. The number of rotatable bonds is 4. The first-order valence-corrected chi connectivity index (χ1v) is 5.85. The van der Waals surface area contributed by atoms with Crippen molar-refractivity contribution in [2.45, 2.75) is 13.3 Å². The zero-order chi connectivity index (χ0) is 9.80. The van der Waals surface area contributed by atoms with Gasteiger partial charge in [0.05, 0.1) is 5.01 Å². The Kier molecular flexibility index (Phi) is 3.05. The molecular formula is C8H10N4S2. The number of aryl methyl sites for hydroxylation is 1. The first kappa shape index (κ1) is 9.54. The van der Waals surface area contributed by atoms with E-state index in [1.807, 2.05) is 13.1 Å². The standard InChI is InChI=1S/C8H10N4S2/c1-6-10-4-7(13-6)2-3-9-8-11-5-12-14-8/h4-5H,2-3H2,1H3,(H,9,11,12). The van der Waals surface area contributed by atoms with Gasteiger partial charge in [0.15, 0.2) is 0 Å².